The average molecular weight is 381 g/mol. The predicted molar refractivity (Wildman–Crippen MR) is 108 cm³/mol. The summed E-state index contributed by atoms with van der Waals surface area (Å²) in [5.74, 6) is 0.140. The lowest BCUT2D eigenvalue weighted by atomic mass is 9.87. The number of para-hydroxylation sites is 1. The molecule has 0 bridgehead atoms. The fraction of sp³-hybridized carbons (Fsp3) is 0.364. The highest BCUT2D eigenvalue weighted by Crippen LogP contribution is 2.34. The van der Waals surface area contributed by atoms with Crippen LogP contribution in [0, 0.1) is 12.8 Å². The van der Waals surface area contributed by atoms with Gasteiger partial charge >= 0.3 is 5.97 Å². The smallest absolute Gasteiger partial charge is 0.348 e. The largest absolute Gasteiger partial charge is 0.453 e. The van der Waals surface area contributed by atoms with Crippen LogP contribution in [-0.2, 0) is 17.6 Å². The van der Waals surface area contributed by atoms with E-state index in [0.717, 1.165) is 29.4 Å². The fourth-order valence-electron chi connectivity index (χ4n) is 3.96. The molecule has 0 saturated carbocycles. The number of Topliss-reactive ketones (excluding diaryl/α,β-unsaturated/α-hetero) is 1. The third-order valence-corrected chi connectivity index (χ3v) is 6.69. The second-order valence-electron chi connectivity index (χ2n) is 7.25. The van der Waals surface area contributed by atoms with Gasteiger partial charge in [0.25, 0.3) is 0 Å². The minimum absolute atomic E-state index is 0.175. The molecule has 1 aromatic carbocycles. The summed E-state index contributed by atoms with van der Waals surface area (Å²) in [4.78, 5) is 30.2. The maximum absolute atomic E-state index is 12.7. The molecule has 0 aliphatic heterocycles. The Bertz CT molecular complexity index is 1010. The lowest BCUT2D eigenvalue weighted by Crippen LogP contribution is -2.14. The standard InChI is InChI=1S/C22H23NO3S/c1-3-14-8-9-19-15(10-14)11-20(27-19)22(25)26-12-18(24)21-13(2)23-17-7-5-4-6-16(17)21/h4-7,11,14,23H,3,8-10,12H2,1-2H3/t14-/m1/s1. The van der Waals surface area contributed by atoms with E-state index in [1.54, 1.807) is 0 Å². The molecule has 3 aromatic rings. The SMILES string of the molecule is CC[C@@H]1CCc2sc(C(=O)OCC(=O)c3c(C)[nH]c4ccccc34)cc2C1. The van der Waals surface area contributed by atoms with Crippen LogP contribution >= 0.6 is 11.3 Å². The zero-order chi connectivity index (χ0) is 19.0. The van der Waals surface area contributed by atoms with Gasteiger partial charge in [0, 0.05) is 27.0 Å². The van der Waals surface area contributed by atoms with Crippen LogP contribution in [0.3, 0.4) is 0 Å². The number of thiophene rings is 1. The number of ketones is 1. The first-order chi connectivity index (χ1) is 13.1. The molecule has 27 heavy (non-hydrogen) atoms. The molecule has 0 spiro atoms. The molecule has 0 amide bonds. The number of carbonyl (C=O) groups is 2. The maximum Gasteiger partial charge on any atom is 0.348 e. The number of benzene rings is 1. The molecule has 1 aliphatic rings. The Kier molecular flexibility index (Phi) is 4.87. The molecule has 2 aromatic heterocycles. The molecule has 2 heterocycles. The number of H-pyrrole nitrogens is 1. The Morgan fingerprint density at radius 1 is 1.30 bits per heavy atom. The van der Waals surface area contributed by atoms with Crippen LogP contribution in [0.2, 0.25) is 0 Å². The van der Waals surface area contributed by atoms with E-state index in [2.05, 4.69) is 11.9 Å². The molecule has 0 radical (unpaired) electrons. The second-order valence-corrected chi connectivity index (χ2v) is 8.38. The molecule has 4 rings (SSSR count). The summed E-state index contributed by atoms with van der Waals surface area (Å²) < 4.78 is 5.36. The average Bonchev–Trinajstić information content (AvgIpc) is 3.25. The van der Waals surface area contributed by atoms with E-state index in [1.165, 1.54) is 34.6 Å². The highest BCUT2D eigenvalue weighted by atomic mass is 32.1. The van der Waals surface area contributed by atoms with Crippen molar-refractivity contribution in [2.24, 2.45) is 5.92 Å². The molecule has 4 nitrogen and oxygen atoms in total. The van der Waals surface area contributed by atoms with Crippen molar-refractivity contribution in [3.63, 3.8) is 0 Å². The van der Waals surface area contributed by atoms with Crippen LogP contribution in [0.5, 0.6) is 0 Å². The van der Waals surface area contributed by atoms with Gasteiger partial charge in [-0.2, -0.15) is 0 Å². The van der Waals surface area contributed by atoms with Crippen LogP contribution in [0.25, 0.3) is 10.9 Å². The molecule has 140 valence electrons. The molecule has 5 heteroatoms. The first-order valence-corrected chi connectivity index (χ1v) is 10.3. The summed E-state index contributed by atoms with van der Waals surface area (Å²) in [6.45, 7) is 3.85. The minimum atomic E-state index is -0.395. The highest BCUT2D eigenvalue weighted by molar-refractivity contribution is 7.14. The Hall–Kier alpha value is -2.40. The molecule has 1 atom stereocenters. The highest BCUT2D eigenvalue weighted by Gasteiger charge is 2.23. The van der Waals surface area contributed by atoms with Gasteiger partial charge in [0.2, 0.25) is 5.78 Å². The number of esters is 1. The van der Waals surface area contributed by atoms with E-state index in [1.807, 2.05) is 37.3 Å². The summed E-state index contributed by atoms with van der Waals surface area (Å²) in [5.41, 5.74) is 3.61. The summed E-state index contributed by atoms with van der Waals surface area (Å²) in [6, 6.07) is 9.63. The summed E-state index contributed by atoms with van der Waals surface area (Å²) >= 11 is 1.52. The Labute approximate surface area is 162 Å². The van der Waals surface area contributed by atoms with Gasteiger partial charge < -0.3 is 9.72 Å². The van der Waals surface area contributed by atoms with Crippen molar-refractivity contribution in [1.29, 1.82) is 0 Å². The van der Waals surface area contributed by atoms with E-state index < -0.39 is 5.97 Å². The van der Waals surface area contributed by atoms with Crippen LogP contribution in [0.4, 0.5) is 0 Å². The van der Waals surface area contributed by atoms with Crippen LogP contribution < -0.4 is 0 Å². The number of aromatic nitrogens is 1. The summed E-state index contributed by atoms with van der Waals surface area (Å²) in [6.07, 6.45) is 4.45. The molecule has 1 aliphatic carbocycles. The van der Waals surface area contributed by atoms with Crippen molar-refractivity contribution in [3.05, 3.63) is 56.9 Å². The van der Waals surface area contributed by atoms with Crippen molar-refractivity contribution in [3.8, 4) is 0 Å². The van der Waals surface area contributed by atoms with Crippen molar-refractivity contribution in [2.75, 3.05) is 6.61 Å². The topological polar surface area (TPSA) is 59.2 Å². The lowest BCUT2D eigenvalue weighted by molar-refractivity contribution is 0.0479. The second kappa shape index (κ2) is 7.31. The lowest BCUT2D eigenvalue weighted by Gasteiger charge is -2.19. The predicted octanol–water partition coefficient (Wildman–Crippen LogP) is 5.09. The van der Waals surface area contributed by atoms with E-state index >= 15 is 0 Å². The van der Waals surface area contributed by atoms with E-state index in [9.17, 15) is 9.59 Å². The number of ether oxygens (including phenoxy) is 1. The summed E-state index contributed by atoms with van der Waals surface area (Å²) in [7, 11) is 0. The number of rotatable bonds is 5. The molecule has 0 fully saturated rings. The number of carbonyl (C=O) groups excluding carboxylic acids is 2. The molecular formula is C22H23NO3S. The molecule has 0 saturated heterocycles. The van der Waals surface area contributed by atoms with Crippen molar-refractivity contribution < 1.29 is 14.3 Å². The van der Waals surface area contributed by atoms with E-state index in [4.69, 9.17) is 4.74 Å². The van der Waals surface area contributed by atoms with Gasteiger partial charge in [0.05, 0.1) is 0 Å². The van der Waals surface area contributed by atoms with Crippen molar-refractivity contribution >= 4 is 34.0 Å². The normalized spacial score (nSPS) is 16.3. The maximum atomic E-state index is 12.7. The summed E-state index contributed by atoms with van der Waals surface area (Å²) in [5, 5.41) is 0.869. The molecular weight excluding hydrogens is 358 g/mol. The number of nitrogens with one attached hydrogen (secondary N) is 1. The number of aromatic amines is 1. The number of aryl methyl sites for hydroxylation is 2. The van der Waals surface area contributed by atoms with Gasteiger partial charge in [-0.1, -0.05) is 31.5 Å². The van der Waals surface area contributed by atoms with Gasteiger partial charge in [0.1, 0.15) is 4.88 Å². The Balaban J connectivity index is 1.46. The Morgan fingerprint density at radius 2 is 2.11 bits per heavy atom. The van der Waals surface area contributed by atoms with Crippen molar-refractivity contribution in [2.45, 2.75) is 39.5 Å². The van der Waals surface area contributed by atoms with Crippen LogP contribution in [0.15, 0.2) is 30.3 Å². The quantitative estimate of drug-likeness (QED) is 0.494. The van der Waals surface area contributed by atoms with Crippen LogP contribution in [-0.4, -0.2) is 23.3 Å². The first kappa shape index (κ1) is 18.0. The van der Waals surface area contributed by atoms with Gasteiger partial charge in [0.15, 0.2) is 6.61 Å². The van der Waals surface area contributed by atoms with Gasteiger partial charge in [-0.25, -0.2) is 4.79 Å². The number of hydrogen-bond donors (Lipinski definition) is 1. The van der Waals surface area contributed by atoms with E-state index in [-0.39, 0.29) is 12.4 Å². The third-order valence-electron chi connectivity index (χ3n) is 5.47. The third kappa shape index (κ3) is 3.44. The number of fused-ring (bicyclic) bond motifs is 2. The van der Waals surface area contributed by atoms with Gasteiger partial charge in [-0.3, -0.25) is 4.79 Å². The van der Waals surface area contributed by atoms with Crippen LogP contribution in [0.1, 0.15) is 55.9 Å². The van der Waals surface area contributed by atoms with Gasteiger partial charge in [-0.05, 0) is 49.8 Å². The first-order valence-electron chi connectivity index (χ1n) is 9.46. The zero-order valence-corrected chi connectivity index (χ0v) is 16.4. The molecule has 1 N–H and O–H groups in total. The fourth-order valence-corrected chi connectivity index (χ4v) is 5.06. The monoisotopic (exact) mass is 381 g/mol. The number of hydrogen-bond acceptors (Lipinski definition) is 4. The van der Waals surface area contributed by atoms with E-state index in [0.29, 0.717) is 16.4 Å². The van der Waals surface area contributed by atoms with Gasteiger partial charge in [-0.15, -0.1) is 11.3 Å². The van der Waals surface area contributed by atoms with Crippen molar-refractivity contribution in [1.82, 2.24) is 4.98 Å². The Morgan fingerprint density at radius 3 is 2.93 bits per heavy atom. The zero-order valence-electron chi connectivity index (χ0n) is 15.6. The minimum Gasteiger partial charge on any atom is -0.453 e. The molecule has 0 unspecified atom stereocenters.